The standard InChI is InChI=1S/C20H19N7O/c1-28-15-4-2-3-13(10-15)24-20-23-11-16-19(26-20)27(14-5-6-14)18(25-16)12-7-8-22-17(21)9-12/h2-4,7-11,14H,5-6H2,1H3,(H2,21,22)(H,23,24,26). The molecular formula is C20H19N7O. The number of rotatable bonds is 5. The molecule has 0 bridgehead atoms. The Morgan fingerprint density at radius 3 is 2.82 bits per heavy atom. The van der Waals surface area contributed by atoms with Crippen LogP contribution >= 0.6 is 0 Å². The number of pyridine rings is 1. The quantitative estimate of drug-likeness (QED) is 0.551. The number of ether oxygens (including phenoxy) is 1. The zero-order valence-electron chi connectivity index (χ0n) is 15.3. The average Bonchev–Trinajstić information content (AvgIpc) is 3.48. The summed E-state index contributed by atoms with van der Waals surface area (Å²) in [6, 6.07) is 11.8. The highest BCUT2D eigenvalue weighted by Gasteiger charge is 2.29. The van der Waals surface area contributed by atoms with Gasteiger partial charge in [0.15, 0.2) is 5.65 Å². The molecule has 0 radical (unpaired) electrons. The smallest absolute Gasteiger partial charge is 0.229 e. The number of benzene rings is 1. The molecule has 4 aromatic rings. The molecule has 1 aliphatic carbocycles. The monoisotopic (exact) mass is 373 g/mol. The van der Waals surface area contributed by atoms with Crippen molar-refractivity contribution in [1.82, 2.24) is 24.5 Å². The van der Waals surface area contributed by atoms with Crippen LogP contribution in [0.15, 0.2) is 48.8 Å². The number of methoxy groups -OCH3 is 1. The maximum atomic E-state index is 5.87. The van der Waals surface area contributed by atoms with Gasteiger partial charge in [-0.15, -0.1) is 0 Å². The third kappa shape index (κ3) is 2.98. The molecule has 0 saturated heterocycles. The SMILES string of the molecule is COc1cccc(Nc2ncc3nc(-c4ccnc(N)c4)n(C4CC4)c3n2)c1. The Bertz CT molecular complexity index is 1170. The van der Waals surface area contributed by atoms with Crippen molar-refractivity contribution in [1.29, 1.82) is 0 Å². The zero-order valence-corrected chi connectivity index (χ0v) is 15.3. The molecule has 1 saturated carbocycles. The third-order valence-corrected chi connectivity index (χ3v) is 4.71. The van der Waals surface area contributed by atoms with Crippen LogP contribution in [0.25, 0.3) is 22.6 Å². The van der Waals surface area contributed by atoms with E-state index in [0.717, 1.165) is 46.8 Å². The van der Waals surface area contributed by atoms with Crippen molar-refractivity contribution in [3.63, 3.8) is 0 Å². The summed E-state index contributed by atoms with van der Waals surface area (Å²) >= 11 is 0. The second-order valence-electron chi connectivity index (χ2n) is 6.77. The summed E-state index contributed by atoms with van der Waals surface area (Å²) < 4.78 is 7.46. The highest BCUT2D eigenvalue weighted by atomic mass is 16.5. The fourth-order valence-electron chi connectivity index (χ4n) is 3.25. The highest BCUT2D eigenvalue weighted by molar-refractivity contribution is 5.78. The van der Waals surface area contributed by atoms with Gasteiger partial charge >= 0.3 is 0 Å². The van der Waals surface area contributed by atoms with E-state index in [1.54, 1.807) is 19.5 Å². The number of nitrogens with two attached hydrogens (primary N) is 1. The number of nitrogens with one attached hydrogen (secondary N) is 1. The first-order chi connectivity index (χ1) is 13.7. The van der Waals surface area contributed by atoms with E-state index < -0.39 is 0 Å². The van der Waals surface area contributed by atoms with Crippen LogP contribution in [-0.4, -0.2) is 31.6 Å². The molecular weight excluding hydrogens is 354 g/mol. The van der Waals surface area contributed by atoms with Crippen molar-refractivity contribution < 1.29 is 4.74 Å². The second-order valence-corrected chi connectivity index (χ2v) is 6.77. The first-order valence-corrected chi connectivity index (χ1v) is 9.09. The number of hydrogen-bond donors (Lipinski definition) is 2. The Balaban J connectivity index is 1.58. The van der Waals surface area contributed by atoms with Gasteiger partial charge in [0.25, 0.3) is 0 Å². The van der Waals surface area contributed by atoms with Gasteiger partial charge in [0, 0.05) is 29.6 Å². The van der Waals surface area contributed by atoms with Crippen LogP contribution in [0.4, 0.5) is 17.5 Å². The molecule has 28 heavy (non-hydrogen) atoms. The molecule has 1 fully saturated rings. The van der Waals surface area contributed by atoms with Gasteiger partial charge in [-0.1, -0.05) is 6.07 Å². The lowest BCUT2D eigenvalue weighted by Gasteiger charge is -2.09. The first kappa shape index (κ1) is 16.5. The van der Waals surface area contributed by atoms with E-state index in [0.29, 0.717) is 17.8 Å². The minimum atomic E-state index is 0.397. The average molecular weight is 373 g/mol. The molecule has 1 aliphatic rings. The molecule has 3 heterocycles. The lowest BCUT2D eigenvalue weighted by Crippen LogP contribution is -2.02. The Hall–Kier alpha value is -3.68. The molecule has 0 unspecified atom stereocenters. The summed E-state index contributed by atoms with van der Waals surface area (Å²) in [5.41, 5.74) is 9.23. The normalized spacial score (nSPS) is 13.6. The van der Waals surface area contributed by atoms with Crippen LogP contribution < -0.4 is 15.8 Å². The van der Waals surface area contributed by atoms with E-state index in [4.69, 9.17) is 20.4 Å². The molecule has 3 N–H and O–H groups in total. The molecule has 5 rings (SSSR count). The number of aromatic nitrogens is 5. The molecule has 0 aliphatic heterocycles. The van der Waals surface area contributed by atoms with Crippen molar-refractivity contribution in [2.24, 2.45) is 0 Å². The molecule has 0 spiro atoms. The Kier molecular flexibility index (Phi) is 3.82. The fraction of sp³-hybridized carbons (Fsp3) is 0.200. The molecule has 0 amide bonds. The van der Waals surface area contributed by atoms with Crippen LogP contribution in [0.3, 0.4) is 0 Å². The summed E-state index contributed by atoms with van der Waals surface area (Å²) in [7, 11) is 1.64. The van der Waals surface area contributed by atoms with Gasteiger partial charge in [0.1, 0.15) is 22.9 Å². The molecule has 8 heteroatoms. The Labute approximate surface area is 161 Å². The van der Waals surface area contributed by atoms with Gasteiger partial charge in [-0.05, 0) is 37.1 Å². The lowest BCUT2D eigenvalue weighted by atomic mass is 10.2. The van der Waals surface area contributed by atoms with Crippen molar-refractivity contribution in [3.8, 4) is 17.1 Å². The third-order valence-electron chi connectivity index (χ3n) is 4.71. The van der Waals surface area contributed by atoms with Crippen LogP contribution in [0.1, 0.15) is 18.9 Å². The molecule has 0 atom stereocenters. The number of imidazole rings is 1. The topological polar surface area (TPSA) is 104 Å². The van der Waals surface area contributed by atoms with E-state index in [-0.39, 0.29) is 0 Å². The first-order valence-electron chi connectivity index (χ1n) is 9.09. The summed E-state index contributed by atoms with van der Waals surface area (Å²) in [4.78, 5) is 18.0. The molecule has 1 aromatic carbocycles. The maximum absolute atomic E-state index is 5.87. The summed E-state index contributed by atoms with van der Waals surface area (Å²) in [6.45, 7) is 0. The van der Waals surface area contributed by atoms with Gasteiger partial charge in [-0.2, -0.15) is 4.98 Å². The van der Waals surface area contributed by atoms with E-state index in [2.05, 4.69) is 19.9 Å². The van der Waals surface area contributed by atoms with Gasteiger partial charge in [-0.25, -0.2) is 15.0 Å². The van der Waals surface area contributed by atoms with Crippen molar-refractivity contribution >= 4 is 28.6 Å². The van der Waals surface area contributed by atoms with Crippen molar-refractivity contribution in [2.45, 2.75) is 18.9 Å². The number of nitrogen functional groups attached to an aromatic ring is 1. The highest BCUT2D eigenvalue weighted by Crippen LogP contribution is 2.41. The summed E-state index contributed by atoms with van der Waals surface area (Å²) in [6.07, 6.45) is 5.67. The maximum Gasteiger partial charge on any atom is 0.229 e. The van der Waals surface area contributed by atoms with Crippen LogP contribution in [0.2, 0.25) is 0 Å². The lowest BCUT2D eigenvalue weighted by molar-refractivity contribution is 0.415. The van der Waals surface area contributed by atoms with E-state index >= 15 is 0 Å². The van der Waals surface area contributed by atoms with Gasteiger partial charge in [0.05, 0.1) is 13.3 Å². The Morgan fingerprint density at radius 2 is 2.04 bits per heavy atom. The predicted octanol–water partition coefficient (Wildman–Crippen LogP) is 3.56. The fourth-order valence-corrected chi connectivity index (χ4v) is 3.25. The minimum Gasteiger partial charge on any atom is -0.497 e. The van der Waals surface area contributed by atoms with Gasteiger partial charge in [0.2, 0.25) is 5.95 Å². The van der Waals surface area contributed by atoms with Crippen molar-refractivity contribution in [3.05, 3.63) is 48.8 Å². The number of fused-ring (bicyclic) bond motifs is 1. The summed E-state index contributed by atoms with van der Waals surface area (Å²) in [5.74, 6) is 2.60. The van der Waals surface area contributed by atoms with E-state index in [1.165, 1.54) is 0 Å². The molecule has 8 nitrogen and oxygen atoms in total. The molecule has 140 valence electrons. The molecule has 3 aromatic heterocycles. The Morgan fingerprint density at radius 1 is 1.14 bits per heavy atom. The second kappa shape index (κ2) is 6.49. The van der Waals surface area contributed by atoms with Gasteiger partial charge < -0.3 is 20.4 Å². The zero-order chi connectivity index (χ0) is 19.1. The van der Waals surface area contributed by atoms with E-state index in [9.17, 15) is 0 Å². The predicted molar refractivity (Wildman–Crippen MR) is 108 cm³/mol. The van der Waals surface area contributed by atoms with Crippen LogP contribution in [-0.2, 0) is 0 Å². The minimum absolute atomic E-state index is 0.397. The van der Waals surface area contributed by atoms with E-state index in [1.807, 2.05) is 36.4 Å². The van der Waals surface area contributed by atoms with Crippen LogP contribution in [0.5, 0.6) is 5.75 Å². The number of anilines is 3. The van der Waals surface area contributed by atoms with Gasteiger partial charge in [-0.3, -0.25) is 0 Å². The van der Waals surface area contributed by atoms with Crippen molar-refractivity contribution in [2.75, 3.05) is 18.2 Å². The van der Waals surface area contributed by atoms with Crippen LogP contribution in [0, 0.1) is 0 Å². The summed E-state index contributed by atoms with van der Waals surface area (Å²) in [5, 5.41) is 3.24. The number of hydrogen-bond acceptors (Lipinski definition) is 7. The largest absolute Gasteiger partial charge is 0.497 e. The number of nitrogens with zero attached hydrogens (tertiary/aromatic N) is 5.